The molecule has 0 aliphatic carbocycles. The lowest BCUT2D eigenvalue weighted by Crippen LogP contribution is -2.37. The maximum absolute atomic E-state index is 13.1. The standard InChI is InChI=1S/C27H31N3O4S/c1-20-8-13-25(18-21(20)2)35(32,33)28-24-11-9-22(10-12-24)27(31)29(3)19-23-6-4-5-7-26(23)30-14-16-34-17-15-30/h4-13,18,28H,14-17,19H2,1-3H3. The molecule has 1 amide bonds. The summed E-state index contributed by atoms with van der Waals surface area (Å²) >= 11 is 0. The van der Waals surface area contributed by atoms with E-state index in [1.165, 1.54) is 0 Å². The lowest BCUT2D eigenvalue weighted by atomic mass is 10.1. The first-order valence-corrected chi connectivity index (χ1v) is 13.1. The van der Waals surface area contributed by atoms with Crippen molar-refractivity contribution in [3.05, 3.63) is 89.0 Å². The summed E-state index contributed by atoms with van der Waals surface area (Å²) in [6.07, 6.45) is 0. The first kappa shape index (κ1) is 24.8. The summed E-state index contributed by atoms with van der Waals surface area (Å²) in [4.78, 5) is 17.2. The quantitative estimate of drug-likeness (QED) is 0.533. The maximum Gasteiger partial charge on any atom is 0.261 e. The van der Waals surface area contributed by atoms with Crippen molar-refractivity contribution in [1.82, 2.24) is 4.90 Å². The van der Waals surface area contributed by atoms with Crippen LogP contribution in [0.4, 0.5) is 11.4 Å². The first-order valence-electron chi connectivity index (χ1n) is 11.6. The van der Waals surface area contributed by atoms with Gasteiger partial charge in [-0.3, -0.25) is 9.52 Å². The highest BCUT2D eigenvalue weighted by molar-refractivity contribution is 7.92. The van der Waals surface area contributed by atoms with Crippen LogP contribution in [0.2, 0.25) is 0 Å². The fraction of sp³-hybridized carbons (Fsp3) is 0.296. The molecule has 0 spiro atoms. The van der Waals surface area contributed by atoms with Gasteiger partial charge in [0.1, 0.15) is 0 Å². The Bertz CT molecular complexity index is 1300. The van der Waals surface area contributed by atoms with Gasteiger partial charge < -0.3 is 14.5 Å². The normalized spacial score (nSPS) is 14.0. The average Bonchev–Trinajstić information content (AvgIpc) is 2.86. The van der Waals surface area contributed by atoms with Gasteiger partial charge in [0.05, 0.1) is 18.1 Å². The Morgan fingerprint density at radius 2 is 1.66 bits per heavy atom. The molecule has 0 radical (unpaired) electrons. The molecule has 3 aromatic rings. The van der Waals surface area contributed by atoms with E-state index >= 15 is 0 Å². The van der Waals surface area contributed by atoms with Gasteiger partial charge in [-0.2, -0.15) is 0 Å². The van der Waals surface area contributed by atoms with E-state index in [-0.39, 0.29) is 10.8 Å². The van der Waals surface area contributed by atoms with Gasteiger partial charge >= 0.3 is 0 Å². The smallest absolute Gasteiger partial charge is 0.261 e. The molecule has 1 heterocycles. The molecule has 1 N–H and O–H groups in total. The van der Waals surface area contributed by atoms with Crippen LogP contribution in [0.5, 0.6) is 0 Å². The number of para-hydroxylation sites is 1. The number of benzene rings is 3. The number of morpholine rings is 1. The molecule has 184 valence electrons. The van der Waals surface area contributed by atoms with Gasteiger partial charge in [-0.1, -0.05) is 24.3 Å². The van der Waals surface area contributed by atoms with Crippen LogP contribution in [0.1, 0.15) is 27.0 Å². The Morgan fingerprint density at radius 3 is 2.34 bits per heavy atom. The molecule has 3 aromatic carbocycles. The molecule has 7 nitrogen and oxygen atoms in total. The SMILES string of the molecule is Cc1ccc(S(=O)(=O)Nc2ccc(C(=O)N(C)Cc3ccccc3N3CCOCC3)cc2)cc1C. The predicted molar refractivity (Wildman–Crippen MR) is 138 cm³/mol. The Morgan fingerprint density at radius 1 is 0.971 bits per heavy atom. The van der Waals surface area contributed by atoms with Gasteiger partial charge in [-0.15, -0.1) is 0 Å². The van der Waals surface area contributed by atoms with Gasteiger partial charge in [0.15, 0.2) is 0 Å². The molecule has 1 aliphatic rings. The minimum atomic E-state index is -3.72. The molecule has 4 rings (SSSR count). The van der Waals surface area contributed by atoms with Crippen LogP contribution in [0, 0.1) is 13.8 Å². The molecular formula is C27H31N3O4S. The molecule has 1 saturated heterocycles. The van der Waals surface area contributed by atoms with Crippen LogP contribution >= 0.6 is 0 Å². The lowest BCUT2D eigenvalue weighted by molar-refractivity contribution is 0.0785. The number of carbonyl (C=O) groups excluding carboxylic acids is 1. The average molecular weight is 494 g/mol. The Labute approximate surface area is 207 Å². The molecule has 0 unspecified atom stereocenters. The van der Waals surface area contributed by atoms with E-state index < -0.39 is 10.0 Å². The fourth-order valence-corrected chi connectivity index (χ4v) is 5.22. The number of carbonyl (C=O) groups is 1. The number of nitrogens with one attached hydrogen (secondary N) is 1. The Balaban J connectivity index is 1.44. The van der Waals surface area contributed by atoms with E-state index in [0.717, 1.165) is 35.5 Å². The summed E-state index contributed by atoms with van der Waals surface area (Å²) in [5, 5.41) is 0. The second-order valence-corrected chi connectivity index (χ2v) is 10.5. The third-order valence-corrected chi connectivity index (χ3v) is 7.65. The topological polar surface area (TPSA) is 79.0 Å². The van der Waals surface area contributed by atoms with Gasteiger partial charge in [-0.05, 0) is 73.0 Å². The number of nitrogens with zero attached hydrogens (tertiary/aromatic N) is 2. The number of rotatable bonds is 7. The molecule has 0 saturated carbocycles. The van der Waals surface area contributed by atoms with E-state index in [4.69, 9.17) is 4.74 Å². The van der Waals surface area contributed by atoms with Crippen molar-refractivity contribution in [2.45, 2.75) is 25.3 Å². The largest absolute Gasteiger partial charge is 0.378 e. The van der Waals surface area contributed by atoms with Crippen LogP contribution in [0.25, 0.3) is 0 Å². The molecule has 0 bridgehead atoms. The second-order valence-electron chi connectivity index (χ2n) is 8.82. The number of sulfonamides is 1. The number of anilines is 2. The summed E-state index contributed by atoms with van der Waals surface area (Å²) < 4.78 is 33.6. The molecular weight excluding hydrogens is 462 g/mol. The third kappa shape index (κ3) is 5.83. The minimum Gasteiger partial charge on any atom is -0.378 e. The zero-order chi connectivity index (χ0) is 25.0. The van der Waals surface area contributed by atoms with Crippen molar-refractivity contribution < 1.29 is 17.9 Å². The molecule has 35 heavy (non-hydrogen) atoms. The fourth-order valence-electron chi connectivity index (χ4n) is 4.08. The number of hydrogen-bond donors (Lipinski definition) is 1. The van der Waals surface area contributed by atoms with E-state index in [1.807, 2.05) is 32.0 Å². The molecule has 1 aliphatic heterocycles. The Kier molecular flexibility index (Phi) is 7.42. The van der Waals surface area contributed by atoms with Crippen molar-refractivity contribution >= 4 is 27.3 Å². The molecule has 1 fully saturated rings. The summed E-state index contributed by atoms with van der Waals surface area (Å²) in [6, 6.07) is 19.7. The van der Waals surface area contributed by atoms with Crippen LogP contribution in [-0.4, -0.2) is 52.6 Å². The van der Waals surface area contributed by atoms with Gasteiger partial charge in [-0.25, -0.2) is 8.42 Å². The highest BCUT2D eigenvalue weighted by Crippen LogP contribution is 2.24. The van der Waals surface area contributed by atoms with E-state index in [1.54, 1.807) is 54.4 Å². The van der Waals surface area contributed by atoms with Crippen LogP contribution in [0.3, 0.4) is 0 Å². The summed E-state index contributed by atoms with van der Waals surface area (Å²) in [5.74, 6) is -0.134. The lowest BCUT2D eigenvalue weighted by Gasteiger charge is -2.31. The zero-order valence-corrected chi connectivity index (χ0v) is 21.1. The number of ether oxygens (including phenoxy) is 1. The zero-order valence-electron chi connectivity index (χ0n) is 20.3. The second kappa shape index (κ2) is 10.5. The van der Waals surface area contributed by atoms with Crippen molar-refractivity contribution in [2.75, 3.05) is 43.0 Å². The number of hydrogen-bond acceptors (Lipinski definition) is 5. The van der Waals surface area contributed by atoms with Gasteiger partial charge in [0.2, 0.25) is 0 Å². The van der Waals surface area contributed by atoms with Crippen LogP contribution in [0.15, 0.2) is 71.6 Å². The van der Waals surface area contributed by atoms with Gasteiger partial charge in [0, 0.05) is 43.6 Å². The van der Waals surface area contributed by atoms with Crippen molar-refractivity contribution in [3.63, 3.8) is 0 Å². The summed E-state index contributed by atoms with van der Waals surface area (Å²) in [5.41, 5.74) is 5.02. The van der Waals surface area contributed by atoms with Crippen LogP contribution in [-0.2, 0) is 21.3 Å². The van der Waals surface area contributed by atoms with E-state index in [9.17, 15) is 13.2 Å². The molecule has 0 aromatic heterocycles. The van der Waals surface area contributed by atoms with Crippen LogP contribution < -0.4 is 9.62 Å². The highest BCUT2D eigenvalue weighted by atomic mass is 32.2. The monoisotopic (exact) mass is 493 g/mol. The van der Waals surface area contributed by atoms with Crippen molar-refractivity contribution in [1.29, 1.82) is 0 Å². The highest BCUT2D eigenvalue weighted by Gasteiger charge is 2.19. The van der Waals surface area contributed by atoms with Crippen molar-refractivity contribution in [3.8, 4) is 0 Å². The third-order valence-electron chi connectivity index (χ3n) is 6.27. The number of aryl methyl sites for hydroxylation is 2. The summed E-state index contributed by atoms with van der Waals surface area (Å²) in [7, 11) is -1.94. The predicted octanol–water partition coefficient (Wildman–Crippen LogP) is 4.21. The van der Waals surface area contributed by atoms with Crippen molar-refractivity contribution in [2.24, 2.45) is 0 Å². The number of amides is 1. The molecule has 0 atom stereocenters. The summed E-state index contributed by atoms with van der Waals surface area (Å²) in [6.45, 7) is 7.33. The van der Waals surface area contributed by atoms with E-state index in [0.29, 0.717) is 31.0 Å². The minimum absolute atomic E-state index is 0.134. The Hall–Kier alpha value is -3.36. The first-order chi connectivity index (χ1) is 16.7. The molecule has 8 heteroatoms. The van der Waals surface area contributed by atoms with E-state index in [2.05, 4.69) is 15.7 Å². The maximum atomic E-state index is 13.1. The van der Waals surface area contributed by atoms with Gasteiger partial charge in [0.25, 0.3) is 15.9 Å².